The van der Waals surface area contributed by atoms with Crippen LogP contribution < -0.4 is 14.8 Å². The number of methoxy groups -OCH3 is 2. The smallest absolute Gasteiger partial charge is 0.255 e. The van der Waals surface area contributed by atoms with Gasteiger partial charge in [-0.15, -0.1) is 0 Å². The van der Waals surface area contributed by atoms with E-state index >= 15 is 0 Å². The molecule has 1 amide bonds. The van der Waals surface area contributed by atoms with Crippen molar-refractivity contribution in [2.45, 2.75) is 19.4 Å². The number of carbonyl (C=O) groups is 1. The van der Waals surface area contributed by atoms with Crippen LogP contribution in [0, 0.1) is 0 Å². The van der Waals surface area contributed by atoms with Crippen LogP contribution in [0.25, 0.3) is 0 Å². The van der Waals surface area contributed by atoms with Gasteiger partial charge in [0.1, 0.15) is 11.5 Å². The van der Waals surface area contributed by atoms with Gasteiger partial charge < -0.3 is 14.8 Å². The predicted octanol–water partition coefficient (Wildman–Crippen LogP) is 3.58. The number of amides is 1. The van der Waals surface area contributed by atoms with Crippen molar-refractivity contribution in [3.63, 3.8) is 0 Å². The quantitative estimate of drug-likeness (QED) is 0.887. The van der Waals surface area contributed by atoms with Gasteiger partial charge in [0.05, 0.1) is 25.8 Å². The highest BCUT2D eigenvalue weighted by atomic mass is 16.5. The molecule has 0 aliphatic heterocycles. The van der Waals surface area contributed by atoms with Crippen LogP contribution in [0.2, 0.25) is 0 Å². The second-order valence-corrected chi connectivity index (χ2v) is 4.91. The Morgan fingerprint density at radius 3 is 2.32 bits per heavy atom. The fourth-order valence-corrected chi connectivity index (χ4v) is 2.33. The number of nitrogens with one attached hydrogen (secondary N) is 1. The van der Waals surface area contributed by atoms with Gasteiger partial charge in [0.2, 0.25) is 0 Å². The predicted molar refractivity (Wildman–Crippen MR) is 86.5 cm³/mol. The molecule has 2 aromatic rings. The van der Waals surface area contributed by atoms with Crippen LogP contribution in [0.3, 0.4) is 0 Å². The first kappa shape index (κ1) is 15.9. The fraction of sp³-hybridized carbons (Fsp3) is 0.278. The molecule has 2 rings (SSSR count). The standard InChI is InChI=1S/C18H21NO3/c1-4-16(13-9-11-14(21-2)12-10-13)19-18(20)15-7-5-6-8-17(15)22-3/h5-12,16H,4H2,1-3H3,(H,19,20)/t16-/m1/s1. The third kappa shape index (κ3) is 3.58. The molecule has 4 heteroatoms. The molecule has 0 unspecified atom stereocenters. The van der Waals surface area contributed by atoms with Crippen LogP contribution in [0.15, 0.2) is 48.5 Å². The lowest BCUT2D eigenvalue weighted by Crippen LogP contribution is -2.28. The Hall–Kier alpha value is -2.49. The Bertz CT molecular complexity index is 622. The van der Waals surface area contributed by atoms with E-state index in [9.17, 15) is 4.79 Å². The molecule has 0 aromatic heterocycles. The molecule has 0 spiro atoms. The first-order valence-electron chi connectivity index (χ1n) is 7.27. The van der Waals surface area contributed by atoms with Crippen molar-refractivity contribution >= 4 is 5.91 Å². The van der Waals surface area contributed by atoms with Crippen molar-refractivity contribution in [2.75, 3.05) is 14.2 Å². The summed E-state index contributed by atoms with van der Waals surface area (Å²) in [4.78, 5) is 12.5. The Kier molecular flexibility index (Phi) is 5.42. The van der Waals surface area contributed by atoms with Crippen LogP contribution in [0.5, 0.6) is 11.5 Å². The zero-order valence-electron chi connectivity index (χ0n) is 13.1. The summed E-state index contributed by atoms with van der Waals surface area (Å²) >= 11 is 0. The maximum atomic E-state index is 12.5. The Labute approximate surface area is 131 Å². The van der Waals surface area contributed by atoms with Crippen molar-refractivity contribution < 1.29 is 14.3 Å². The molecule has 116 valence electrons. The molecule has 2 aromatic carbocycles. The number of rotatable bonds is 6. The van der Waals surface area contributed by atoms with Crippen LogP contribution in [0.4, 0.5) is 0 Å². The molecule has 1 atom stereocenters. The monoisotopic (exact) mass is 299 g/mol. The highest BCUT2D eigenvalue weighted by Crippen LogP contribution is 2.22. The van der Waals surface area contributed by atoms with Crippen molar-refractivity contribution in [2.24, 2.45) is 0 Å². The molecular weight excluding hydrogens is 278 g/mol. The van der Waals surface area contributed by atoms with Crippen LogP contribution in [-0.2, 0) is 0 Å². The summed E-state index contributed by atoms with van der Waals surface area (Å²) < 4.78 is 10.4. The molecule has 4 nitrogen and oxygen atoms in total. The lowest BCUT2D eigenvalue weighted by molar-refractivity contribution is 0.0932. The molecule has 22 heavy (non-hydrogen) atoms. The maximum Gasteiger partial charge on any atom is 0.255 e. The van der Waals surface area contributed by atoms with E-state index in [1.54, 1.807) is 26.4 Å². The zero-order valence-corrected chi connectivity index (χ0v) is 13.1. The van der Waals surface area contributed by atoms with E-state index in [-0.39, 0.29) is 11.9 Å². The summed E-state index contributed by atoms with van der Waals surface area (Å²) in [5.74, 6) is 1.24. The molecule has 0 radical (unpaired) electrons. The number of hydrogen-bond donors (Lipinski definition) is 1. The lowest BCUT2D eigenvalue weighted by atomic mass is 10.0. The van der Waals surface area contributed by atoms with E-state index in [0.717, 1.165) is 17.7 Å². The van der Waals surface area contributed by atoms with E-state index in [1.165, 1.54) is 0 Å². The molecule has 0 aliphatic carbocycles. The maximum absolute atomic E-state index is 12.5. The molecular formula is C18H21NO3. The average molecular weight is 299 g/mol. The molecule has 1 N–H and O–H groups in total. The normalized spacial score (nSPS) is 11.6. The van der Waals surface area contributed by atoms with Crippen molar-refractivity contribution in [3.05, 3.63) is 59.7 Å². The molecule has 0 fully saturated rings. The van der Waals surface area contributed by atoms with E-state index in [4.69, 9.17) is 9.47 Å². The number of hydrogen-bond acceptors (Lipinski definition) is 3. The minimum atomic E-state index is -0.139. The summed E-state index contributed by atoms with van der Waals surface area (Å²) in [6.45, 7) is 2.04. The van der Waals surface area contributed by atoms with Gasteiger partial charge in [-0.3, -0.25) is 4.79 Å². The third-order valence-corrected chi connectivity index (χ3v) is 3.58. The van der Waals surface area contributed by atoms with E-state index in [1.807, 2.05) is 43.3 Å². The van der Waals surface area contributed by atoms with Gasteiger partial charge in [0.15, 0.2) is 0 Å². The summed E-state index contributed by atoms with van der Waals surface area (Å²) in [6.07, 6.45) is 0.799. The first-order chi connectivity index (χ1) is 10.7. The van der Waals surface area contributed by atoms with Gasteiger partial charge in [-0.25, -0.2) is 0 Å². The first-order valence-corrected chi connectivity index (χ1v) is 7.27. The van der Waals surface area contributed by atoms with Crippen molar-refractivity contribution in [1.82, 2.24) is 5.32 Å². The summed E-state index contributed by atoms with van der Waals surface area (Å²) in [6, 6.07) is 14.9. The summed E-state index contributed by atoms with van der Waals surface area (Å²) in [7, 11) is 3.20. The van der Waals surface area contributed by atoms with Gasteiger partial charge in [0, 0.05) is 0 Å². The minimum absolute atomic E-state index is 0.0525. The van der Waals surface area contributed by atoms with Gasteiger partial charge in [-0.2, -0.15) is 0 Å². The van der Waals surface area contributed by atoms with Crippen LogP contribution in [-0.4, -0.2) is 20.1 Å². The van der Waals surface area contributed by atoms with E-state index in [2.05, 4.69) is 5.32 Å². The lowest BCUT2D eigenvalue weighted by Gasteiger charge is -2.18. The largest absolute Gasteiger partial charge is 0.497 e. The molecule has 0 saturated carbocycles. The second-order valence-electron chi connectivity index (χ2n) is 4.91. The van der Waals surface area contributed by atoms with Crippen LogP contribution >= 0.6 is 0 Å². The van der Waals surface area contributed by atoms with E-state index in [0.29, 0.717) is 11.3 Å². The SMILES string of the molecule is CC[C@@H](NC(=O)c1ccccc1OC)c1ccc(OC)cc1. The highest BCUT2D eigenvalue weighted by Gasteiger charge is 2.17. The Morgan fingerprint density at radius 1 is 1.05 bits per heavy atom. The third-order valence-electron chi connectivity index (χ3n) is 3.58. The van der Waals surface area contributed by atoms with Crippen LogP contribution in [0.1, 0.15) is 35.3 Å². The number of para-hydroxylation sites is 1. The number of ether oxygens (including phenoxy) is 2. The van der Waals surface area contributed by atoms with E-state index < -0.39 is 0 Å². The van der Waals surface area contributed by atoms with Gasteiger partial charge >= 0.3 is 0 Å². The summed E-state index contributed by atoms with van der Waals surface area (Å²) in [5.41, 5.74) is 1.59. The topological polar surface area (TPSA) is 47.6 Å². The average Bonchev–Trinajstić information content (AvgIpc) is 2.59. The molecule has 0 aliphatic rings. The van der Waals surface area contributed by atoms with Gasteiger partial charge in [0.25, 0.3) is 5.91 Å². The Morgan fingerprint density at radius 2 is 1.73 bits per heavy atom. The van der Waals surface area contributed by atoms with Crippen molar-refractivity contribution in [3.8, 4) is 11.5 Å². The molecule has 0 saturated heterocycles. The number of benzene rings is 2. The van der Waals surface area contributed by atoms with Gasteiger partial charge in [-0.05, 0) is 36.2 Å². The molecule has 0 bridgehead atoms. The second kappa shape index (κ2) is 7.50. The fourth-order valence-electron chi connectivity index (χ4n) is 2.33. The van der Waals surface area contributed by atoms with Crippen molar-refractivity contribution in [1.29, 1.82) is 0 Å². The number of carbonyl (C=O) groups excluding carboxylic acids is 1. The zero-order chi connectivity index (χ0) is 15.9. The summed E-state index contributed by atoms with van der Waals surface area (Å²) in [5, 5.41) is 3.05. The highest BCUT2D eigenvalue weighted by molar-refractivity contribution is 5.97. The minimum Gasteiger partial charge on any atom is -0.497 e. The Balaban J connectivity index is 2.16. The molecule has 0 heterocycles. The van der Waals surface area contributed by atoms with Gasteiger partial charge in [-0.1, -0.05) is 31.2 Å².